The van der Waals surface area contributed by atoms with Gasteiger partial charge in [-0.2, -0.15) is 7.11 Å². The summed E-state index contributed by atoms with van der Waals surface area (Å²) in [5.41, 5.74) is 2.34. The van der Waals surface area contributed by atoms with Gasteiger partial charge in [0, 0.05) is 25.9 Å². The summed E-state index contributed by atoms with van der Waals surface area (Å²) >= 11 is 5.76. The van der Waals surface area contributed by atoms with Crippen LogP contribution in [0.15, 0.2) is 73.1 Å². The SMILES string of the molecule is CC[C@H]1O[C@@H](n2ccc3ccccc32)CC1C.CC[C@H]1O[C@H](Cl)CC1C.CO.C[B]C.C[O-].OC[C@H]1O[C@@H](n2ccc3ccccc32)CC1O.[H-].[Na+].[Na+]. The first-order valence-electron chi connectivity index (χ1n) is 17.8. The Hall–Kier alpha value is -0.405. The van der Waals surface area contributed by atoms with E-state index in [9.17, 15) is 5.11 Å². The zero-order valence-corrected chi connectivity index (χ0v) is 37.9. The molecular weight excluding hydrogens is 701 g/mol. The molecule has 0 spiro atoms. The van der Waals surface area contributed by atoms with Crippen LogP contribution in [0.5, 0.6) is 0 Å². The molecule has 4 aromatic rings. The maximum atomic E-state index is 9.73. The minimum atomic E-state index is -0.592. The van der Waals surface area contributed by atoms with Gasteiger partial charge < -0.3 is 45.2 Å². The quantitative estimate of drug-likeness (QED) is 0.206. The average molecular weight is 762 g/mol. The van der Waals surface area contributed by atoms with Gasteiger partial charge in [-0.1, -0.05) is 89.3 Å². The van der Waals surface area contributed by atoms with E-state index < -0.39 is 12.2 Å². The molecule has 3 fully saturated rings. The average Bonchev–Trinajstić information content (AvgIpc) is 3.97. The van der Waals surface area contributed by atoms with E-state index in [2.05, 4.69) is 68.8 Å². The molecule has 9 nitrogen and oxygen atoms in total. The Bertz CT molecular complexity index is 1390. The Morgan fingerprint density at radius 3 is 1.50 bits per heavy atom. The largest absolute Gasteiger partial charge is 1.00 e. The minimum absolute atomic E-state index is 0. The Morgan fingerprint density at radius 2 is 1.13 bits per heavy atom. The Kier molecular flexibility index (Phi) is 27.8. The molecule has 3 aliphatic rings. The number of rotatable bonds is 5. The summed E-state index contributed by atoms with van der Waals surface area (Å²) < 4.78 is 21.5. The monoisotopic (exact) mass is 761 g/mol. The summed E-state index contributed by atoms with van der Waals surface area (Å²) in [5.74, 6) is 1.31. The van der Waals surface area contributed by atoms with Crippen LogP contribution in [0.3, 0.4) is 0 Å². The van der Waals surface area contributed by atoms with Crippen LogP contribution in [0.2, 0.25) is 13.6 Å². The van der Waals surface area contributed by atoms with Crippen molar-refractivity contribution in [1.82, 2.24) is 9.13 Å². The van der Waals surface area contributed by atoms with Crippen LogP contribution < -0.4 is 64.2 Å². The van der Waals surface area contributed by atoms with Gasteiger partial charge in [0.15, 0.2) is 0 Å². The molecule has 2 aromatic heterocycles. The van der Waals surface area contributed by atoms with E-state index >= 15 is 0 Å². The van der Waals surface area contributed by atoms with Gasteiger partial charge in [0.05, 0.1) is 36.0 Å². The molecule has 0 saturated carbocycles. The normalized spacial score (nSPS) is 27.0. The van der Waals surface area contributed by atoms with Gasteiger partial charge in [-0.3, -0.25) is 0 Å². The van der Waals surface area contributed by atoms with Crippen LogP contribution in [-0.2, 0) is 14.2 Å². The van der Waals surface area contributed by atoms with Crippen molar-refractivity contribution >= 4 is 40.7 Å². The molecule has 0 bridgehead atoms. The van der Waals surface area contributed by atoms with Crippen LogP contribution in [0.4, 0.5) is 0 Å². The first kappa shape index (κ1) is 51.6. The fourth-order valence-electron chi connectivity index (χ4n) is 6.62. The minimum Gasteiger partial charge on any atom is -1.00 e. The van der Waals surface area contributed by atoms with Crippen LogP contribution in [0.1, 0.15) is 73.7 Å². The van der Waals surface area contributed by atoms with Crippen LogP contribution in [0, 0.1) is 11.8 Å². The smallest absolute Gasteiger partial charge is 1.00 e. The zero-order chi connectivity index (χ0) is 37.2. The third-order valence-electron chi connectivity index (χ3n) is 9.12. The van der Waals surface area contributed by atoms with Crippen molar-refractivity contribution in [3.63, 3.8) is 0 Å². The molecule has 3 N–H and O–H groups in total. The van der Waals surface area contributed by atoms with Gasteiger partial charge >= 0.3 is 59.1 Å². The molecule has 0 aliphatic carbocycles. The van der Waals surface area contributed by atoms with Crippen molar-refractivity contribution < 1.29 is 95.2 Å². The number of hydrogen-bond donors (Lipinski definition) is 3. The number of hydrogen-bond acceptors (Lipinski definition) is 7. The van der Waals surface area contributed by atoms with Gasteiger partial charge in [-0.15, -0.1) is 0 Å². The van der Waals surface area contributed by atoms with E-state index in [1.54, 1.807) is 0 Å². The van der Waals surface area contributed by atoms with Crippen molar-refractivity contribution in [2.45, 2.75) is 116 Å². The molecule has 5 heterocycles. The second kappa shape index (κ2) is 28.1. The van der Waals surface area contributed by atoms with Crippen LogP contribution in [-0.4, -0.2) is 82.5 Å². The first-order chi connectivity index (χ1) is 24.2. The number of alkyl halides is 1. The predicted octanol–water partition coefficient (Wildman–Crippen LogP) is 1.14. The number of aliphatic hydroxyl groups is 3. The van der Waals surface area contributed by atoms with Crippen LogP contribution >= 0.6 is 11.6 Å². The predicted molar refractivity (Wildman–Crippen MR) is 205 cm³/mol. The van der Waals surface area contributed by atoms with E-state index in [-0.39, 0.29) is 85.2 Å². The third-order valence-corrected chi connectivity index (χ3v) is 9.40. The van der Waals surface area contributed by atoms with Gasteiger partial charge in [0.2, 0.25) is 0 Å². The fraction of sp³-hybridized carbons (Fsp3) is 0.590. The molecule has 13 heteroatoms. The van der Waals surface area contributed by atoms with Crippen molar-refractivity contribution in [1.29, 1.82) is 0 Å². The van der Waals surface area contributed by atoms with Gasteiger partial charge in [0.25, 0.3) is 0 Å². The molecule has 0 amide bonds. The molecule has 1 radical (unpaired) electrons. The maximum absolute atomic E-state index is 9.73. The molecule has 2 aromatic carbocycles. The number of aromatic nitrogens is 2. The van der Waals surface area contributed by atoms with E-state index in [1.165, 1.54) is 10.9 Å². The van der Waals surface area contributed by atoms with E-state index in [0.717, 1.165) is 50.8 Å². The standard InChI is InChI=1S/C15H19NO.C13H15NO3.C7H13ClO.C2H6B.CH4O.CH3O.2Na.H/c1-3-14-11(2)10-15(17-14)16-9-8-12-6-4-5-7-13(12)16;15-8-12-11(16)7-13(17-12)14-6-5-9-3-1-2-4-10(9)14;1-3-6-5(2)4-7(8)9-6;1-3-2;2*1-2;;;/h4-9,11,14-15H,3,10H2,1-2H3;1-6,11-13,15-16H,7-8H2;5-7H,3-4H2,1-2H3;1-2H3;2H,1H3;1H3;;;/q;;;;;-1;2*+1;-1/t11?,14-,15-;11?,12-,13-;5?,6-,7+;;;;;;/m111....../s1. The maximum Gasteiger partial charge on any atom is 1.00 e. The molecule has 281 valence electrons. The number of halogens is 1. The second-order valence-electron chi connectivity index (χ2n) is 12.7. The molecule has 3 aliphatic heterocycles. The topological polar surface area (TPSA) is 121 Å². The first-order valence-corrected chi connectivity index (χ1v) is 18.3. The number of ether oxygens (including phenoxy) is 3. The summed E-state index contributed by atoms with van der Waals surface area (Å²) in [5, 5.41) is 36.5. The van der Waals surface area contributed by atoms with Gasteiger partial charge in [-0.25, -0.2) is 0 Å². The van der Waals surface area contributed by atoms with E-state index in [0.29, 0.717) is 30.5 Å². The molecule has 7 rings (SSSR count). The van der Waals surface area contributed by atoms with Crippen molar-refractivity contribution in [3.05, 3.63) is 73.1 Å². The van der Waals surface area contributed by atoms with Crippen molar-refractivity contribution in [2.75, 3.05) is 20.8 Å². The van der Waals surface area contributed by atoms with Crippen molar-refractivity contribution in [2.24, 2.45) is 11.8 Å². The Balaban J connectivity index is 0. The molecule has 52 heavy (non-hydrogen) atoms. The summed E-state index contributed by atoms with van der Waals surface area (Å²) in [6, 6.07) is 20.7. The molecule has 3 saturated heterocycles. The van der Waals surface area contributed by atoms with Crippen molar-refractivity contribution in [3.8, 4) is 0 Å². The molecule has 9 atom stereocenters. The number of nitrogens with zero attached hydrogens (tertiary/aromatic N) is 2. The fourth-order valence-corrected chi connectivity index (χ4v) is 7.04. The second-order valence-corrected chi connectivity index (χ2v) is 13.2. The number of aliphatic hydroxyl groups excluding tert-OH is 3. The Morgan fingerprint density at radius 1 is 0.731 bits per heavy atom. The van der Waals surface area contributed by atoms with Gasteiger partial charge in [-0.05, 0) is 72.6 Å². The summed E-state index contributed by atoms with van der Waals surface area (Å²) in [6.45, 7) is 12.7. The summed E-state index contributed by atoms with van der Waals surface area (Å²) in [7, 11) is 3.75. The molecular formula is C39H61BClN2Na2O7. The van der Waals surface area contributed by atoms with Crippen LogP contribution in [0.25, 0.3) is 21.8 Å². The molecule has 3 unspecified atom stereocenters. The van der Waals surface area contributed by atoms with E-state index in [4.69, 9.17) is 41.1 Å². The Labute approximate surface area is 363 Å². The summed E-state index contributed by atoms with van der Waals surface area (Å²) in [4.78, 5) is 0. The van der Waals surface area contributed by atoms with E-state index in [1.807, 2.05) is 62.0 Å². The van der Waals surface area contributed by atoms with Gasteiger partial charge in [0.1, 0.15) is 31.4 Å². The third kappa shape index (κ3) is 14.6. The number of para-hydroxylation sites is 2. The summed E-state index contributed by atoms with van der Waals surface area (Å²) in [6.07, 6.45) is 8.75. The number of benzene rings is 2. The number of fused-ring (bicyclic) bond motifs is 2. The zero-order valence-electron chi connectivity index (χ0n) is 34.2.